The van der Waals surface area contributed by atoms with Crippen LogP contribution in [0.3, 0.4) is 0 Å². The van der Waals surface area contributed by atoms with E-state index in [0.29, 0.717) is 32.8 Å². The van der Waals surface area contributed by atoms with Gasteiger partial charge in [0.1, 0.15) is 6.04 Å². The fourth-order valence-electron chi connectivity index (χ4n) is 1.56. The van der Waals surface area contributed by atoms with Crippen molar-refractivity contribution >= 4 is 11.9 Å². The molecule has 0 radical (unpaired) electrons. The second kappa shape index (κ2) is 6.44. The lowest BCUT2D eigenvalue weighted by Gasteiger charge is -2.30. The molecule has 1 aliphatic heterocycles. The molecule has 0 bridgehead atoms. The fraction of sp³-hybridized carbons (Fsp3) is 0.818. The molecule has 3 amide bonds. The Bertz CT molecular complexity index is 277. The van der Waals surface area contributed by atoms with Gasteiger partial charge < -0.3 is 19.9 Å². The van der Waals surface area contributed by atoms with Crippen LogP contribution in [0, 0.1) is 0 Å². The Balaban J connectivity index is 2.43. The van der Waals surface area contributed by atoms with Gasteiger partial charge in [-0.15, -0.1) is 0 Å². The summed E-state index contributed by atoms with van der Waals surface area (Å²) in [7, 11) is 1.70. The van der Waals surface area contributed by atoms with Crippen LogP contribution in [0.5, 0.6) is 0 Å². The maximum absolute atomic E-state index is 12.0. The van der Waals surface area contributed by atoms with Gasteiger partial charge in [-0.3, -0.25) is 4.79 Å². The Hall–Kier alpha value is -1.30. The number of ether oxygens (including phenoxy) is 1. The summed E-state index contributed by atoms with van der Waals surface area (Å²) in [6, 6.07) is -0.712. The van der Waals surface area contributed by atoms with Gasteiger partial charge >= 0.3 is 6.03 Å². The first kappa shape index (κ1) is 13.8. The van der Waals surface area contributed by atoms with Crippen LogP contribution in [0.1, 0.15) is 13.8 Å². The number of rotatable bonds is 3. The lowest BCUT2D eigenvalue weighted by Crippen LogP contribution is -2.52. The number of nitrogens with zero attached hydrogens (tertiary/aromatic N) is 2. The van der Waals surface area contributed by atoms with E-state index in [2.05, 4.69) is 5.32 Å². The number of carbonyl (C=O) groups is 2. The first-order valence-electron chi connectivity index (χ1n) is 5.94. The lowest BCUT2D eigenvalue weighted by molar-refractivity contribution is -0.136. The van der Waals surface area contributed by atoms with Gasteiger partial charge in [0.25, 0.3) is 0 Å². The predicted octanol–water partition coefficient (Wildman–Crippen LogP) is -0.105. The Morgan fingerprint density at radius 3 is 2.53 bits per heavy atom. The Morgan fingerprint density at radius 2 is 2.00 bits per heavy atom. The highest BCUT2D eigenvalue weighted by Crippen LogP contribution is 2.01. The highest BCUT2D eigenvalue weighted by atomic mass is 16.5. The van der Waals surface area contributed by atoms with Gasteiger partial charge in [-0.1, -0.05) is 0 Å². The standard InChI is InChI=1S/C11H21N3O3/c1-4-13(3)11(16)12-9(2)10(15)14-5-7-17-8-6-14/h9H,4-8H2,1-3H3,(H,12,16). The quantitative estimate of drug-likeness (QED) is 0.752. The smallest absolute Gasteiger partial charge is 0.317 e. The van der Waals surface area contributed by atoms with E-state index in [1.54, 1.807) is 18.9 Å². The van der Waals surface area contributed by atoms with Crippen molar-refractivity contribution in [2.45, 2.75) is 19.9 Å². The number of hydrogen-bond acceptors (Lipinski definition) is 3. The van der Waals surface area contributed by atoms with Crippen LogP contribution in [-0.2, 0) is 9.53 Å². The molecule has 0 aromatic heterocycles. The minimum absolute atomic E-state index is 0.0499. The number of hydrogen-bond donors (Lipinski definition) is 1. The molecule has 6 nitrogen and oxygen atoms in total. The van der Waals surface area contributed by atoms with E-state index in [-0.39, 0.29) is 11.9 Å². The highest BCUT2D eigenvalue weighted by Gasteiger charge is 2.24. The van der Waals surface area contributed by atoms with Crippen LogP contribution in [0.4, 0.5) is 4.79 Å². The normalized spacial score (nSPS) is 17.5. The molecule has 0 aliphatic carbocycles. The van der Waals surface area contributed by atoms with Crippen molar-refractivity contribution in [3.05, 3.63) is 0 Å². The van der Waals surface area contributed by atoms with Gasteiger partial charge in [-0.2, -0.15) is 0 Å². The molecule has 1 atom stereocenters. The third-order valence-electron chi connectivity index (χ3n) is 2.85. The zero-order valence-corrected chi connectivity index (χ0v) is 10.7. The number of amides is 3. The largest absolute Gasteiger partial charge is 0.378 e. The topological polar surface area (TPSA) is 61.9 Å². The summed E-state index contributed by atoms with van der Waals surface area (Å²) in [6.07, 6.45) is 0. The molecule has 1 fully saturated rings. The molecule has 0 aromatic carbocycles. The zero-order valence-electron chi connectivity index (χ0n) is 10.7. The minimum Gasteiger partial charge on any atom is -0.378 e. The SMILES string of the molecule is CCN(C)C(=O)NC(C)C(=O)N1CCOCC1. The van der Waals surface area contributed by atoms with Crippen molar-refractivity contribution in [1.82, 2.24) is 15.1 Å². The van der Waals surface area contributed by atoms with Crippen molar-refractivity contribution in [3.63, 3.8) is 0 Å². The second-order valence-electron chi connectivity index (χ2n) is 4.12. The van der Waals surface area contributed by atoms with Crippen LogP contribution in [0.15, 0.2) is 0 Å². The molecule has 0 saturated carbocycles. The predicted molar refractivity (Wildman–Crippen MR) is 63.7 cm³/mol. The van der Waals surface area contributed by atoms with Crippen molar-refractivity contribution in [3.8, 4) is 0 Å². The van der Waals surface area contributed by atoms with Crippen LogP contribution in [-0.4, -0.2) is 67.7 Å². The van der Waals surface area contributed by atoms with Gasteiger partial charge in [0.15, 0.2) is 0 Å². The number of carbonyl (C=O) groups excluding carboxylic acids is 2. The van der Waals surface area contributed by atoms with Gasteiger partial charge in [-0.25, -0.2) is 4.79 Å². The van der Waals surface area contributed by atoms with Gasteiger partial charge in [0.2, 0.25) is 5.91 Å². The molecule has 1 saturated heterocycles. The molecule has 1 rings (SSSR count). The fourth-order valence-corrected chi connectivity index (χ4v) is 1.56. The summed E-state index contributed by atoms with van der Waals surface area (Å²) in [5.41, 5.74) is 0. The molecular formula is C11H21N3O3. The maximum Gasteiger partial charge on any atom is 0.317 e. The van der Waals surface area contributed by atoms with E-state index in [1.807, 2.05) is 6.92 Å². The van der Waals surface area contributed by atoms with E-state index in [4.69, 9.17) is 4.74 Å². The van der Waals surface area contributed by atoms with Crippen molar-refractivity contribution < 1.29 is 14.3 Å². The third-order valence-corrected chi connectivity index (χ3v) is 2.85. The molecule has 17 heavy (non-hydrogen) atoms. The monoisotopic (exact) mass is 243 g/mol. The second-order valence-corrected chi connectivity index (χ2v) is 4.12. The number of urea groups is 1. The average molecular weight is 243 g/mol. The van der Waals surface area contributed by atoms with Gasteiger partial charge in [0, 0.05) is 26.7 Å². The molecule has 0 spiro atoms. The first-order valence-corrected chi connectivity index (χ1v) is 5.94. The van der Waals surface area contributed by atoms with Gasteiger partial charge in [0.05, 0.1) is 13.2 Å². The summed E-state index contributed by atoms with van der Waals surface area (Å²) in [5.74, 6) is -0.0499. The van der Waals surface area contributed by atoms with Crippen molar-refractivity contribution in [1.29, 1.82) is 0 Å². The van der Waals surface area contributed by atoms with E-state index in [0.717, 1.165) is 0 Å². The number of nitrogens with one attached hydrogen (secondary N) is 1. The van der Waals surface area contributed by atoms with Crippen LogP contribution in [0.25, 0.3) is 0 Å². The molecule has 0 aromatic rings. The van der Waals surface area contributed by atoms with Crippen molar-refractivity contribution in [2.75, 3.05) is 39.9 Å². The van der Waals surface area contributed by atoms with Crippen LogP contribution < -0.4 is 5.32 Å². The van der Waals surface area contributed by atoms with E-state index in [1.165, 1.54) is 4.90 Å². The Labute approximate surface area is 102 Å². The van der Waals surface area contributed by atoms with Crippen LogP contribution in [0.2, 0.25) is 0 Å². The van der Waals surface area contributed by atoms with E-state index in [9.17, 15) is 9.59 Å². The molecule has 98 valence electrons. The average Bonchev–Trinajstić information content (AvgIpc) is 2.37. The lowest BCUT2D eigenvalue weighted by atomic mass is 10.2. The minimum atomic E-state index is -0.491. The molecule has 1 unspecified atom stereocenters. The van der Waals surface area contributed by atoms with Gasteiger partial charge in [-0.05, 0) is 13.8 Å². The van der Waals surface area contributed by atoms with Crippen LogP contribution >= 0.6 is 0 Å². The summed E-state index contributed by atoms with van der Waals surface area (Å²) in [6.45, 7) is 6.55. The molecular weight excluding hydrogens is 222 g/mol. The molecule has 1 N–H and O–H groups in total. The first-order chi connectivity index (χ1) is 8.06. The third kappa shape index (κ3) is 3.89. The molecule has 1 aliphatic rings. The summed E-state index contributed by atoms with van der Waals surface area (Å²) >= 11 is 0. The summed E-state index contributed by atoms with van der Waals surface area (Å²) in [4.78, 5) is 26.8. The van der Waals surface area contributed by atoms with E-state index >= 15 is 0 Å². The molecule has 1 heterocycles. The summed E-state index contributed by atoms with van der Waals surface area (Å²) < 4.78 is 5.18. The maximum atomic E-state index is 12.0. The van der Waals surface area contributed by atoms with Crippen molar-refractivity contribution in [2.24, 2.45) is 0 Å². The summed E-state index contributed by atoms with van der Waals surface area (Å²) in [5, 5.41) is 2.68. The highest BCUT2D eigenvalue weighted by molar-refractivity contribution is 5.86. The number of morpholine rings is 1. The Kier molecular flexibility index (Phi) is 5.21. The van der Waals surface area contributed by atoms with E-state index < -0.39 is 6.04 Å². The zero-order chi connectivity index (χ0) is 12.8. The Morgan fingerprint density at radius 1 is 1.41 bits per heavy atom. The molecule has 6 heteroatoms.